The molecule has 1 saturated heterocycles. The second-order valence-corrected chi connectivity index (χ2v) is 6.41. The maximum Gasteiger partial charge on any atom is 0.410 e. The van der Waals surface area contributed by atoms with Crippen molar-refractivity contribution >= 4 is 11.7 Å². The number of cyclic esters (lactones) is 1. The normalized spacial score (nSPS) is 17.6. The average Bonchev–Trinajstić information content (AvgIpc) is 3.00. The lowest BCUT2D eigenvalue weighted by atomic mass is 9.98. The van der Waals surface area contributed by atoms with Gasteiger partial charge in [0.25, 0.3) is 0 Å². The van der Waals surface area contributed by atoms with E-state index in [0.29, 0.717) is 13.1 Å². The Bertz CT molecular complexity index is 709. The lowest BCUT2D eigenvalue weighted by molar-refractivity contribution is 0.146. The number of carbonyl (C=O) groups excluding carboxylic acids is 1. The minimum atomic E-state index is -0.230. The minimum absolute atomic E-state index is 0.199. The van der Waals surface area contributed by atoms with E-state index in [2.05, 4.69) is 25.1 Å². The Kier molecular flexibility index (Phi) is 5.89. The van der Waals surface area contributed by atoms with Crippen LogP contribution in [0.1, 0.15) is 37.3 Å². The summed E-state index contributed by atoms with van der Waals surface area (Å²) in [6.45, 7) is 3.38. The zero-order chi connectivity index (χ0) is 17.5. The average molecular weight is 335 g/mol. The van der Waals surface area contributed by atoms with Crippen LogP contribution in [0.5, 0.6) is 0 Å². The number of hydrogen-bond acceptors (Lipinski definition) is 2. The van der Waals surface area contributed by atoms with Crippen LogP contribution < -0.4 is 0 Å². The number of benzene rings is 2. The van der Waals surface area contributed by atoms with Crippen molar-refractivity contribution in [3.63, 3.8) is 0 Å². The molecule has 1 heterocycles. The van der Waals surface area contributed by atoms with Gasteiger partial charge in [-0.3, -0.25) is 4.90 Å². The molecule has 0 aromatic heterocycles. The number of unbranched alkanes of at least 4 members (excludes halogenated alkanes) is 2. The Morgan fingerprint density at radius 3 is 2.48 bits per heavy atom. The topological polar surface area (TPSA) is 29.5 Å². The van der Waals surface area contributed by atoms with E-state index in [1.165, 1.54) is 0 Å². The number of rotatable bonds is 7. The molecule has 0 radical (unpaired) electrons. The van der Waals surface area contributed by atoms with Gasteiger partial charge in [-0.15, -0.1) is 0 Å². The quantitative estimate of drug-likeness (QED) is 0.644. The van der Waals surface area contributed by atoms with E-state index in [-0.39, 0.29) is 12.2 Å². The maximum absolute atomic E-state index is 12.3. The zero-order valence-corrected chi connectivity index (χ0v) is 14.7. The summed E-state index contributed by atoms with van der Waals surface area (Å²) < 4.78 is 5.71. The van der Waals surface area contributed by atoms with E-state index in [9.17, 15) is 4.79 Å². The largest absolute Gasteiger partial charge is 0.439 e. The summed E-state index contributed by atoms with van der Waals surface area (Å²) in [4.78, 5) is 14.1. The molecular weight excluding hydrogens is 310 g/mol. The molecule has 0 spiro atoms. The van der Waals surface area contributed by atoms with Gasteiger partial charge in [0.2, 0.25) is 0 Å². The van der Waals surface area contributed by atoms with Crippen LogP contribution >= 0.6 is 0 Å². The van der Waals surface area contributed by atoms with Gasteiger partial charge in [-0.1, -0.05) is 86.5 Å². The fourth-order valence-corrected chi connectivity index (χ4v) is 3.13. The van der Waals surface area contributed by atoms with Gasteiger partial charge >= 0.3 is 6.09 Å². The van der Waals surface area contributed by atoms with Crippen LogP contribution in [0.15, 0.2) is 66.7 Å². The van der Waals surface area contributed by atoms with Crippen molar-refractivity contribution in [2.45, 2.75) is 38.8 Å². The SMILES string of the molecule is CCCC/C=C(/c1ccccc1)C1CN(Cc2ccccc2)C(=O)O1. The first-order valence-electron chi connectivity index (χ1n) is 9.03. The molecule has 1 atom stereocenters. The molecule has 1 fully saturated rings. The molecule has 0 aliphatic carbocycles. The third-order valence-electron chi connectivity index (χ3n) is 4.48. The van der Waals surface area contributed by atoms with Crippen LogP contribution in [0.3, 0.4) is 0 Å². The summed E-state index contributed by atoms with van der Waals surface area (Å²) in [6.07, 6.45) is 5.12. The van der Waals surface area contributed by atoms with Gasteiger partial charge in [-0.05, 0) is 23.1 Å². The number of carbonyl (C=O) groups is 1. The molecule has 1 aliphatic heterocycles. The summed E-state index contributed by atoms with van der Waals surface area (Å²) >= 11 is 0. The third kappa shape index (κ3) is 4.50. The van der Waals surface area contributed by atoms with Crippen LogP contribution in [-0.2, 0) is 11.3 Å². The fourth-order valence-electron chi connectivity index (χ4n) is 3.13. The molecule has 2 aromatic carbocycles. The van der Waals surface area contributed by atoms with Crippen molar-refractivity contribution in [1.82, 2.24) is 4.90 Å². The van der Waals surface area contributed by atoms with Crippen LogP contribution in [0.25, 0.3) is 5.57 Å². The van der Waals surface area contributed by atoms with Gasteiger partial charge in [-0.2, -0.15) is 0 Å². The summed E-state index contributed by atoms with van der Waals surface area (Å²) in [5.41, 5.74) is 3.38. The molecular formula is C22H25NO2. The van der Waals surface area contributed by atoms with Crippen molar-refractivity contribution in [3.8, 4) is 0 Å². The number of nitrogens with zero attached hydrogens (tertiary/aromatic N) is 1. The van der Waals surface area contributed by atoms with Crippen molar-refractivity contribution in [2.75, 3.05) is 6.54 Å². The van der Waals surface area contributed by atoms with Gasteiger partial charge in [0.05, 0.1) is 6.54 Å². The Morgan fingerprint density at radius 2 is 1.80 bits per heavy atom. The molecule has 3 heteroatoms. The lowest BCUT2D eigenvalue weighted by Gasteiger charge is -2.15. The van der Waals surface area contributed by atoms with Gasteiger partial charge in [0.15, 0.2) is 0 Å². The highest BCUT2D eigenvalue weighted by Crippen LogP contribution is 2.28. The maximum atomic E-state index is 12.3. The molecule has 0 saturated carbocycles. The highest BCUT2D eigenvalue weighted by molar-refractivity contribution is 5.77. The van der Waals surface area contributed by atoms with E-state index in [4.69, 9.17) is 4.74 Å². The molecule has 3 rings (SSSR count). The Balaban J connectivity index is 1.76. The summed E-state index contributed by atoms with van der Waals surface area (Å²) in [5, 5.41) is 0. The van der Waals surface area contributed by atoms with Crippen LogP contribution in [0.2, 0.25) is 0 Å². The number of allylic oxidation sites excluding steroid dienone is 1. The Hall–Kier alpha value is -2.55. The van der Waals surface area contributed by atoms with Crippen molar-refractivity contribution in [1.29, 1.82) is 0 Å². The van der Waals surface area contributed by atoms with Crippen LogP contribution in [0.4, 0.5) is 4.79 Å². The van der Waals surface area contributed by atoms with E-state index < -0.39 is 0 Å². The molecule has 1 unspecified atom stereocenters. The van der Waals surface area contributed by atoms with E-state index >= 15 is 0 Å². The van der Waals surface area contributed by atoms with E-state index in [0.717, 1.165) is 36.0 Å². The molecule has 1 amide bonds. The number of ether oxygens (including phenoxy) is 1. The molecule has 130 valence electrons. The third-order valence-corrected chi connectivity index (χ3v) is 4.48. The molecule has 1 aliphatic rings. The summed E-state index contributed by atoms with van der Waals surface area (Å²) in [6, 6.07) is 20.3. The van der Waals surface area contributed by atoms with Crippen molar-refractivity contribution in [2.24, 2.45) is 0 Å². The predicted octanol–water partition coefficient (Wildman–Crippen LogP) is 5.28. The molecule has 0 N–H and O–H groups in total. The fraction of sp³-hybridized carbons (Fsp3) is 0.318. The highest BCUT2D eigenvalue weighted by Gasteiger charge is 2.33. The first kappa shape index (κ1) is 17.3. The summed E-state index contributed by atoms with van der Waals surface area (Å²) in [7, 11) is 0. The Labute approximate surface area is 149 Å². The van der Waals surface area contributed by atoms with Gasteiger partial charge < -0.3 is 4.74 Å². The molecule has 25 heavy (non-hydrogen) atoms. The minimum Gasteiger partial charge on any atom is -0.439 e. The zero-order valence-electron chi connectivity index (χ0n) is 14.7. The second kappa shape index (κ2) is 8.52. The molecule has 3 nitrogen and oxygen atoms in total. The highest BCUT2D eigenvalue weighted by atomic mass is 16.6. The smallest absolute Gasteiger partial charge is 0.410 e. The second-order valence-electron chi connectivity index (χ2n) is 6.41. The Morgan fingerprint density at radius 1 is 1.12 bits per heavy atom. The van der Waals surface area contributed by atoms with Gasteiger partial charge in [-0.25, -0.2) is 4.79 Å². The van der Waals surface area contributed by atoms with Crippen LogP contribution in [0, 0.1) is 0 Å². The van der Waals surface area contributed by atoms with E-state index in [1.54, 1.807) is 4.90 Å². The van der Waals surface area contributed by atoms with Gasteiger partial charge in [0, 0.05) is 6.54 Å². The first-order chi connectivity index (χ1) is 12.3. The van der Waals surface area contributed by atoms with Crippen LogP contribution in [-0.4, -0.2) is 23.6 Å². The molecule has 0 bridgehead atoms. The number of hydrogen-bond donors (Lipinski definition) is 0. The van der Waals surface area contributed by atoms with Crippen molar-refractivity contribution in [3.05, 3.63) is 77.9 Å². The standard InChI is InChI=1S/C22H25NO2/c1-2-3-6-15-20(19-13-9-5-10-14-19)21-17-23(22(24)25-21)16-18-11-7-4-8-12-18/h4-5,7-15,21H,2-3,6,16-17H2,1H3/b20-15-. The summed E-state index contributed by atoms with van der Waals surface area (Å²) in [5.74, 6) is 0. The lowest BCUT2D eigenvalue weighted by Crippen LogP contribution is -2.24. The van der Waals surface area contributed by atoms with Crippen molar-refractivity contribution < 1.29 is 9.53 Å². The first-order valence-corrected chi connectivity index (χ1v) is 9.03. The number of amides is 1. The monoisotopic (exact) mass is 335 g/mol. The molecule has 2 aromatic rings. The predicted molar refractivity (Wildman–Crippen MR) is 101 cm³/mol. The van der Waals surface area contributed by atoms with E-state index in [1.807, 2.05) is 48.5 Å². The van der Waals surface area contributed by atoms with Gasteiger partial charge in [0.1, 0.15) is 6.10 Å².